The average Bonchev–Trinajstić information content (AvgIpc) is 2.86. The highest BCUT2D eigenvalue weighted by atomic mass is 16.3. The first-order valence-electron chi connectivity index (χ1n) is 4.68. The fourth-order valence-electron chi connectivity index (χ4n) is 1.70. The minimum Gasteiger partial charge on any atom is -0.396 e. The normalized spacial score (nSPS) is 18.6. The minimum atomic E-state index is -0.578. The zero-order chi connectivity index (χ0) is 9.31. The van der Waals surface area contributed by atoms with E-state index in [0.29, 0.717) is 6.42 Å². The highest BCUT2D eigenvalue weighted by molar-refractivity contribution is 5.35. The van der Waals surface area contributed by atoms with Crippen molar-refractivity contribution in [2.75, 3.05) is 6.61 Å². The molecule has 1 aromatic carbocycles. The lowest BCUT2D eigenvalue weighted by Gasteiger charge is -2.12. The molecule has 70 valence electrons. The summed E-state index contributed by atoms with van der Waals surface area (Å²) in [7, 11) is 0. The third-order valence-electron chi connectivity index (χ3n) is 2.62. The molecule has 0 spiro atoms. The van der Waals surface area contributed by atoms with E-state index >= 15 is 0 Å². The second-order valence-corrected chi connectivity index (χ2v) is 3.66. The van der Waals surface area contributed by atoms with E-state index in [1.165, 1.54) is 0 Å². The largest absolute Gasteiger partial charge is 0.396 e. The Morgan fingerprint density at radius 1 is 1.23 bits per heavy atom. The van der Waals surface area contributed by atoms with Crippen LogP contribution in [0.3, 0.4) is 0 Å². The maximum Gasteiger partial charge on any atom is 0.0901 e. The average molecular weight is 178 g/mol. The van der Waals surface area contributed by atoms with Crippen molar-refractivity contribution in [1.82, 2.24) is 0 Å². The molecule has 1 saturated carbocycles. The first-order chi connectivity index (χ1) is 6.26. The molecule has 2 N–H and O–H groups in total. The topological polar surface area (TPSA) is 40.5 Å². The van der Waals surface area contributed by atoms with Crippen molar-refractivity contribution >= 4 is 0 Å². The molecule has 0 aliphatic heterocycles. The van der Waals surface area contributed by atoms with Gasteiger partial charge in [0, 0.05) is 6.61 Å². The highest BCUT2D eigenvalue weighted by Crippen LogP contribution is 2.46. The Morgan fingerprint density at radius 3 is 2.54 bits per heavy atom. The first-order valence-corrected chi connectivity index (χ1v) is 4.68. The Hall–Kier alpha value is -0.860. The van der Waals surface area contributed by atoms with Gasteiger partial charge in [0.2, 0.25) is 0 Å². The van der Waals surface area contributed by atoms with Gasteiger partial charge in [-0.05, 0) is 30.4 Å². The van der Waals surface area contributed by atoms with Gasteiger partial charge in [-0.2, -0.15) is 0 Å². The predicted octanol–water partition coefficient (Wildman–Crippen LogP) is 1.20. The molecule has 1 aliphatic carbocycles. The molecule has 0 radical (unpaired) electrons. The molecular formula is C11H14O2. The van der Waals surface area contributed by atoms with Gasteiger partial charge in [-0.3, -0.25) is 0 Å². The van der Waals surface area contributed by atoms with E-state index in [1.54, 1.807) is 0 Å². The summed E-state index contributed by atoms with van der Waals surface area (Å²) in [5.41, 5.74) is 1.50. The van der Waals surface area contributed by atoms with Crippen LogP contribution in [0, 0.1) is 0 Å². The summed E-state index contributed by atoms with van der Waals surface area (Å²) in [5.74, 6) is 0. The number of rotatable bonds is 3. The van der Waals surface area contributed by atoms with Gasteiger partial charge in [-0.25, -0.2) is 0 Å². The third kappa shape index (κ3) is 1.60. The van der Waals surface area contributed by atoms with Gasteiger partial charge in [0.25, 0.3) is 0 Å². The van der Waals surface area contributed by atoms with Gasteiger partial charge < -0.3 is 10.2 Å². The SMILES string of the molecule is OCCc1ccccc1C1(O)CC1. The van der Waals surface area contributed by atoms with Crippen LogP contribution >= 0.6 is 0 Å². The molecule has 0 aromatic heterocycles. The molecule has 0 heterocycles. The molecule has 13 heavy (non-hydrogen) atoms. The van der Waals surface area contributed by atoms with Gasteiger partial charge in [-0.1, -0.05) is 24.3 Å². The van der Waals surface area contributed by atoms with Crippen LogP contribution in [-0.4, -0.2) is 16.8 Å². The fraction of sp³-hybridized carbons (Fsp3) is 0.455. The molecule has 2 nitrogen and oxygen atoms in total. The minimum absolute atomic E-state index is 0.146. The summed E-state index contributed by atoms with van der Waals surface area (Å²) in [6.45, 7) is 0.146. The summed E-state index contributed by atoms with van der Waals surface area (Å²) < 4.78 is 0. The van der Waals surface area contributed by atoms with E-state index in [1.807, 2.05) is 24.3 Å². The highest BCUT2D eigenvalue weighted by Gasteiger charge is 2.43. The van der Waals surface area contributed by atoms with Crippen LogP contribution in [0.2, 0.25) is 0 Å². The van der Waals surface area contributed by atoms with E-state index in [0.717, 1.165) is 24.0 Å². The fourth-order valence-corrected chi connectivity index (χ4v) is 1.70. The van der Waals surface area contributed by atoms with Crippen molar-refractivity contribution in [3.63, 3.8) is 0 Å². The zero-order valence-corrected chi connectivity index (χ0v) is 7.53. The van der Waals surface area contributed by atoms with E-state index in [9.17, 15) is 5.11 Å². The van der Waals surface area contributed by atoms with E-state index in [4.69, 9.17) is 5.11 Å². The lowest BCUT2D eigenvalue weighted by molar-refractivity contribution is 0.150. The van der Waals surface area contributed by atoms with Crippen molar-refractivity contribution in [1.29, 1.82) is 0 Å². The van der Waals surface area contributed by atoms with E-state index in [-0.39, 0.29) is 6.61 Å². The number of aliphatic hydroxyl groups excluding tert-OH is 1. The van der Waals surface area contributed by atoms with Crippen LogP contribution in [0.25, 0.3) is 0 Å². The van der Waals surface area contributed by atoms with Crippen molar-refractivity contribution in [3.05, 3.63) is 35.4 Å². The maximum absolute atomic E-state index is 9.93. The van der Waals surface area contributed by atoms with Crippen molar-refractivity contribution in [2.45, 2.75) is 24.9 Å². The Kier molecular flexibility index (Phi) is 2.10. The molecule has 0 bridgehead atoms. The zero-order valence-electron chi connectivity index (χ0n) is 7.53. The number of benzene rings is 1. The summed E-state index contributed by atoms with van der Waals surface area (Å²) >= 11 is 0. The number of hydrogen-bond acceptors (Lipinski definition) is 2. The van der Waals surface area contributed by atoms with Gasteiger partial charge >= 0.3 is 0 Å². The quantitative estimate of drug-likeness (QED) is 0.730. The summed E-state index contributed by atoms with van der Waals surface area (Å²) in [6, 6.07) is 7.81. The van der Waals surface area contributed by atoms with Gasteiger partial charge in [0.1, 0.15) is 0 Å². The van der Waals surface area contributed by atoms with E-state index < -0.39 is 5.60 Å². The van der Waals surface area contributed by atoms with Crippen LogP contribution in [-0.2, 0) is 12.0 Å². The second kappa shape index (κ2) is 3.13. The van der Waals surface area contributed by atoms with Crippen molar-refractivity contribution < 1.29 is 10.2 Å². The predicted molar refractivity (Wildman–Crippen MR) is 50.4 cm³/mol. The van der Waals surface area contributed by atoms with E-state index in [2.05, 4.69) is 0 Å². The smallest absolute Gasteiger partial charge is 0.0901 e. The Balaban J connectivity index is 2.32. The summed E-state index contributed by atoms with van der Waals surface area (Å²) in [6.07, 6.45) is 2.35. The van der Waals surface area contributed by atoms with Crippen LogP contribution in [0.1, 0.15) is 24.0 Å². The van der Waals surface area contributed by atoms with Gasteiger partial charge in [0.15, 0.2) is 0 Å². The summed E-state index contributed by atoms with van der Waals surface area (Å²) in [5, 5.41) is 18.8. The number of aliphatic hydroxyl groups is 2. The molecule has 2 rings (SSSR count). The van der Waals surface area contributed by atoms with Crippen LogP contribution < -0.4 is 0 Å². The monoisotopic (exact) mass is 178 g/mol. The third-order valence-corrected chi connectivity index (χ3v) is 2.62. The molecule has 0 amide bonds. The maximum atomic E-state index is 9.93. The van der Waals surface area contributed by atoms with Gasteiger partial charge in [0.05, 0.1) is 5.60 Å². The van der Waals surface area contributed by atoms with Crippen molar-refractivity contribution in [2.24, 2.45) is 0 Å². The first kappa shape index (κ1) is 8.73. The Bertz CT molecular complexity index is 303. The molecule has 1 aromatic rings. The van der Waals surface area contributed by atoms with Crippen LogP contribution in [0.15, 0.2) is 24.3 Å². The molecule has 1 aliphatic rings. The summed E-state index contributed by atoms with van der Waals surface area (Å²) in [4.78, 5) is 0. The van der Waals surface area contributed by atoms with Crippen molar-refractivity contribution in [3.8, 4) is 0 Å². The second-order valence-electron chi connectivity index (χ2n) is 3.66. The molecule has 0 atom stereocenters. The molecule has 0 saturated heterocycles. The molecule has 0 unspecified atom stereocenters. The molecule has 1 fully saturated rings. The molecule has 2 heteroatoms. The van der Waals surface area contributed by atoms with Crippen LogP contribution in [0.5, 0.6) is 0 Å². The Morgan fingerprint density at radius 2 is 1.92 bits per heavy atom. The molecular weight excluding hydrogens is 164 g/mol. The number of hydrogen-bond donors (Lipinski definition) is 2. The lowest BCUT2D eigenvalue weighted by atomic mass is 9.99. The standard InChI is InChI=1S/C11H14O2/c12-8-5-9-3-1-2-4-10(9)11(13)6-7-11/h1-4,12-13H,5-8H2. The Labute approximate surface area is 77.8 Å². The van der Waals surface area contributed by atoms with Gasteiger partial charge in [-0.15, -0.1) is 0 Å². The van der Waals surface area contributed by atoms with Crippen LogP contribution in [0.4, 0.5) is 0 Å². The lowest BCUT2D eigenvalue weighted by Crippen LogP contribution is -2.09.